The smallest absolute Gasteiger partial charge is 0.0688 e. The van der Waals surface area contributed by atoms with Crippen LogP contribution in [0, 0.1) is 13.8 Å². The summed E-state index contributed by atoms with van der Waals surface area (Å²) >= 11 is 0. The van der Waals surface area contributed by atoms with Crippen LogP contribution in [0.15, 0.2) is 18.3 Å². The summed E-state index contributed by atoms with van der Waals surface area (Å²) in [4.78, 5) is 4.51. The van der Waals surface area contributed by atoms with Crippen molar-refractivity contribution in [3.8, 4) is 0 Å². The lowest BCUT2D eigenvalue weighted by molar-refractivity contribution is 0.736. The van der Waals surface area contributed by atoms with Gasteiger partial charge in [-0.15, -0.1) is 0 Å². The highest BCUT2D eigenvalue weighted by Gasteiger charge is 2.09. The lowest BCUT2D eigenvalue weighted by Crippen LogP contribution is -2.20. The Balaban J connectivity index is 2.35. The Morgan fingerprint density at radius 1 is 1.36 bits per heavy atom. The summed E-state index contributed by atoms with van der Waals surface area (Å²) < 4.78 is 0. The molecule has 0 spiro atoms. The van der Waals surface area contributed by atoms with Gasteiger partial charge in [0.25, 0.3) is 0 Å². The number of rotatable bonds is 1. The fourth-order valence-corrected chi connectivity index (χ4v) is 1.89. The quantitative estimate of drug-likeness (QED) is 0.729. The number of pyridine rings is 1. The van der Waals surface area contributed by atoms with Crippen LogP contribution in [0.25, 0.3) is 5.57 Å². The Labute approximate surface area is 85.1 Å². The van der Waals surface area contributed by atoms with Gasteiger partial charge in [-0.1, -0.05) is 12.1 Å². The van der Waals surface area contributed by atoms with Crippen LogP contribution < -0.4 is 5.32 Å². The van der Waals surface area contributed by atoms with Crippen molar-refractivity contribution >= 4 is 5.57 Å². The van der Waals surface area contributed by atoms with Crippen molar-refractivity contribution < 1.29 is 0 Å². The number of hydrogen-bond donors (Lipinski definition) is 1. The minimum atomic E-state index is 0.977. The van der Waals surface area contributed by atoms with Gasteiger partial charge in [0.05, 0.1) is 5.69 Å². The van der Waals surface area contributed by atoms with E-state index < -0.39 is 0 Å². The zero-order valence-electron chi connectivity index (χ0n) is 8.80. The molecule has 0 saturated carbocycles. The fourth-order valence-electron chi connectivity index (χ4n) is 1.89. The molecule has 0 unspecified atom stereocenters. The second kappa shape index (κ2) is 3.93. The first-order valence-electron chi connectivity index (χ1n) is 5.11. The molecule has 1 aromatic rings. The fraction of sp³-hybridized carbons (Fsp3) is 0.417. The Hall–Kier alpha value is -1.15. The highest BCUT2D eigenvalue weighted by Crippen LogP contribution is 2.21. The van der Waals surface area contributed by atoms with Crippen molar-refractivity contribution in [3.05, 3.63) is 35.2 Å². The van der Waals surface area contributed by atoms with Gasteiger partial charge in [0.15, 0.2) is 0 Å². The van der Waals surface area contributed by atoms with E-state index in [-0.39, 0.29) is 0 Å². The van der Waals surface area contributed by atoms with Gasteiger partial charge >= 0.3 is 0 Å². The van der Waals surface area contributed by atoms with Crippen LogP contribution in [0.3, 0.4) is 0 Å². The molecule has 1 N–H and O–H groups in total. The highest BCUT2D eigenvalue weighted by molar-refractivity contribution is 5.66. The molecule has 2 heterocycles. The summed E-state index contributed by atoms with van der Waals surface area (Å²) in [7, 11) is 0. The molecule has 14 heavy (non-hydrogen) atoms. The van der Waals surface area contributed by atoms with Crippen molar-refractivity contribution in [2.24, 2.45) is 0 Å². The summed E-state index contributed by atoms with van der Waals surface area (Å²) in [6.45, 7) is 6.27. The van der Waals surface area contributed by atoms with E-state index in [1.54, 1.807) is 0 Å². The third kappa shape index (κ3) is 1.85. The normalized spacial score (nSPS) is 16.6. The van der Waals surface area contributed by atoms with E-state index in [4.69, 9.17) is 0 Å². The van der Waals surface area contributed by atoms with Gasteiger partial charge < -0.3 is 5.32 Å². The lowest BCUT2D eigenvalue weighted by atomic mass is 10.0. The first-order valence-corrected chi connectivity index (χ1v) is 5.11. The number of nitrogens with one attached hydrogen (secondary N) is 1. The van der Waals surface area contributed by atoms with Gasteiger partial charge in [0.1, 0.15) is 0 Å². The summed E-state index contributed by atoms with van der Waals surface area (Å²) in [5.41, 5.74) is 5.09. The second-order valence-electron chi connectivity index (χ2n) is 3.86. The molecule has 1 aromatic heterocycles. The van der Waals surface area contributed by atoms with E-state index in [0.717, 1.165) is 19.5 Å². The van der Waals surface area contributed by atoms with Crippen LogP contribution in [0.2, 0.25) is 0 Å². The minimum Gasteiger partial charge on any atom is -0.313 e. The van der Waals surface area contributed by atoms with Crippen LogP contribution >= 0.6 is 0 Å². The topological polar surface area (TPSA) is 24.9 Å². The van der Waals surface area contributed by atoms with Gasteiger partial charge in [0, 0.05) is 12.7 Å². The van der Waals surface area contributed by atoms with E-state index in [1.807, 2.05) is 6.20 Å². The van der Waals surface area contributed by atoms with Crippen LogP contribution in [0.1, 0.15) is 23.2 Å². The summed E-state index contributed by atoms with van der Waals surface area (Å²) in [6.07, 6.45) is 5.29. The van der Waals surface area contributed by atoms with Gasteiger partial charge in [0.2, 0.25) is 0 Å². The molecule has 2 nitrogen and oxygen atoms in total. The number of hydrogen-bond acceptors (Lipinski definition) is 2. The number of aryl methyl sites for hydroxylation is 2. The molecule has 0 radical (unpaired) electrons. The SMILES string of the molecule is Cc1cnc(C2=CCNCC2)c(C)c1. The van der Waals surface area contributed by atoms with Crippen molar-refractivity contribution in [2.75, 3.05) is 13.1 Å². The van der Waals surface area contributed by atoms with E-state index in [0.29, 0.717) is 0 Å². The molecule has 1 aliphatic heterocycles. The van der Waals surface area contributed by atoms with Gasteiger partial charge in [-0.05, 0) is 43.5 Å². The Bertz CT molecular complexity index is 367. The molecule has 0 fully saturated rings. The zero-order valence-corrected chi connectivity index (χ0v) is 8.80. The predicted octanol–water partition coefficient (Wildman–Crippen LogP) is 2.08. The Kier molecular flexibility index (Phi) is 2.64. The summed E-state index contributed by atoms with van der Waals surface area (Å²) in [6, 6.07) is 2.20. The van der Waals surface area contributed by atoms with E-state index in [2.05, 4.69) is 36.3 Å². The van der Waals surface area contributed by atoms with Crippen LogP contribution in [-0.4, -0.2) is 18.1 Å². The zero-order chi connectivity index (χ0) is 9.97. The highest BCUT2D eigenvalue weighted by atomic mass is 14.9. The van der Waals surface area contributed by atoms with E-state index >= 15 is 0 Å². The van der Waals surface area contributed by atoms with E-state index in [1.165, 1.54) is 22.4 Å². The molecule has 0 atom stereocenters. The van der Waals surface area contributed by atoms with Crippen molar-refractivity contribution in [3.63, 3.8) is 0 Å². The largest absolute Gasteiger partial charge is 0.313 e. The molecule has 0 aliphatic carbocycles. The second-order valence-corrected chi connectivity index (χ2v) is 3.86. The van der Waals surface area contributed by atoms with Gasteiger partial charge in [-0.2, -0.15) is 0 Å². The van der Waals surface area contributed by atoms with Gasteiger partial charge in [-0.25, -0.2) is 0 Å². The third-order valence-electron chi connectivity index (χ3n) is 2.58. The summed E-state index contributed by atoms with van der Waals surface area (Å²) in [5.74, 6) is 0. The minimum absolute atomic E-state index is 0.977. The molecule has 74 valence electrons. The Morgan fingerprint density at radius 3 is 2.86 bits per heavy atom. The van der Waals surface area contributed by atoms with E-state index in [9.17, 15) is 0 Å². The van der Waals surface area contributed by atoms with Crippen molar-refractivity contribution in [1.82, 2.24) is 10.3 Å². The van der Waals surface area contributed by atoms with Crippen LogP contribution in [-0.2, 0) is 0 Å². The molecule has 2 heteroatoms. The molecule has 0 bridgehead atoms. The van der Waals surface area contributed by atoms with Crippen molar-refractivity contribution in [2.45, 2.75) is 20.3 Å². The van der Waals surface area contributed by atoms with Crippen molar-refractivity contribution in [1.29, 1.82) is 0 Å². The average Bonchev–Trinajstić information content (AvgIpc) is 2.19. The lowest BCUT2D eigenvalue weighted by Gasteiger charge is -2.15. The maximum atomic E-state index is 4.51. The standard InChI is InChI=1S/C12H16N2/c1-9-7-10(2)12(14-8-9)11-3-5-13-6-4-11/h3,7-8,13H,4-6H2,1-2H3. The third-order valence-corrected chi connectivity index (χ3v) is 2.58. The predicted molar refractivity (Wildman–Crippen MR) is 59.2 cm³/mol. The van der Waals surface area contributed by atoms with Crippen LogP contribution in [0.5, 0.6) is 0 Å². The molecule has 0 aromatic carbocycles. The molecule has 0 saturated heterocycles. The Morgan fingerprint density at radius 2 is 2.21 bits per heavy atom. The number of aromatic nitrogens is 1. The molecular weight excluding hydrogens is 172 g/mol. The maximum absolute atomic E-state index is 4.51. The first kappa shape index (κ1) is 9.41. The molecular formula is C12H16N2. The van der Waals surface area contributed by atoms with Gasteiger partial charge in [-0.3, -0.25) is 4.98 Å². The van der Waals surface area contributed by atoms with Crippen LogP contribution in [0.4, 0.5) is 0 Å². The average molecular weight is 188 g/mol. The maximum Gasteiger partial charge on any atom is 0.0688 e. The first-order chi connectivity index (χ1) is 6.77. The number of nitrogens with zero attached hydrogens (tertiary/aromatic N) is 1. The molecule has 1 aliphatic rings. The molecule has 0 amide bonds. The molecule has 2 rings (SSSR count). The monoisotopic (exact) mass is 188 g/mol. The summed E-state index contributed by atoms with van der Waals surface area (Å²) in [5, 5.41) is 3.31.